The molecule has 7 nitrogen and oxygen atoms in total. The van der Waals surface area contributed by atoms with Crippen molar-refractivity contribution in [3.05, 3.63) is 47.2 Å². The maximum Gasteiger partial charge on any atom is 0.319 e. The number of fused-ring (bicyclic) bond motifs is 1. The lowest BCUT2D eigenvalue weighted by atomic mass is 10.1. The number of nitrogens with one attached hydrogen (secondary N) is 4. The van der Waals surface area contributed by atoms with Gasteiger partial charge in [0.1, 0.15) is 5.82 Å². The number of carbonyl (C=O) groups excluding carboxylic acids is 1. The Morgan fingerprint density at radius 3 is 3.04 bits per heavy atom. The smallest absolute Gasteiger partial charge is 0.319 e. The van der Waals surface area contributed by atoms with Crippen LogP contribution in [0.1, 0.15) is 23.2 Å². The number of urea groups is 1. The first-order valence-electron chi connectivity index (χ1n) is 8.33. The predicted molar refractivity (Wildman–Crippen MR) is 101 cm³/mol. The first-order chi connectivity index (χ1) is 12.2. The Labute approximate surface area is 146 Å². The van der Waals surface area contributed by atoms with E-state index in [4.69, 9.17) is 11.1 Å². The summed E-state index contributed by atoms with van der Waals surface area (Å²) in [7, 11) is 0. The van der Waals surface area contributed by atoms with Crippen molar-refractivity contribution in [1.82, 2.24) is 10.3 Å². The molecule has 25 heavy (non-hydrogen) atoms. The summed E-state index contributed by atoms with van der Waals surface area (Å²) in [5.74, 6) is 0.968. The maximum absolute atomic E-state index is 12.0. The molecule has 0 saturated heterocycles. The minimum absolute atomic E-state index is 0.293. The van der Waals surface area contributed by atoms with E-state index >= 15 is 0 Å². The van der Waals surface area contributed by atoms with E-state index in [1.165, 1.54) is 11.8 Å². The molecule has 2 aromatic rings. The lowest BCUT2D eigenvalue weighted by Gasteiger charge is -2.17. The van der Waals surface area contributed by atoms with Crippen molar-refractivity contribution in [1.29, 1.82) is 5.41 Å². The van der Waals surface area contributed by atoms with Crippen LogP contribution in [0.15, 0.2) is 30.3 Å². The summed E-state index contributed by atoms with van der Waals surface area (Å²) >= 11 is 0. The number of carbonyl (C=O) groups is 1. The van der Waals surface area contributed by atoms with Crippen molar-refractivity contribution in [2.24, 2.45) is 0 Å². The number of nitrogens with zero attached hydrogens (tertiary/aromatic N) is 1. The van der Waals surface area contributed by atoms with Crippen molar-refractivity contribution < 1.29 is 4.79 Å². The third-order valence-electron chi connectivity index (χ3n) is 4.12. The number of pyridine rings is 1. The molecule has 2 amide bonds. The molecule has 1 aliphatic rings. The SMILES string of the molecule is N=Cc1ccc(NC(=O)NCCc2ccc3c(n2)NCCC3)cc1N. The van der Waals surface area contributed by atoms with Crippen LogP contribution in [0.25, 0.3) is 0 Å². The van der Waals surface area contributed by atoms with Gasteiger partial charge in [-0.05, 0) is 42.7 Å². The number of aryl methyl sites for hydroxylation is 1. The van der Waals surface area contributed by atoms with Gasteiger partial charge in [-0.1, -0.05) is 6.07 Å². The van der Waals surface area contributed by atoms with Crippen LogP contribution in [0, 0.1) is 5.41 Å². The highest BCUT2D eigenvalue weighted by atomic mass is 16.2. The zero-order chi connectivity index (χ0) is 17.6. The molecule has 0 unspecified atom stereocenters. The van der Waals surface area contributed by atoms with Crippen molar-refractivity contribution in [3.63, 3.8) is 0 Å². The molecule has 3 rings (SSSR count). The van der Waals surface area contributed by atoms with Crippen LogP contribution in [-0.2, 0) is 12.8 Å². The Hall–Kier alpha value is -3.09. The fraction of sp³-hybridized carbons (Fsp3) is 0.278. The van der Waals surface area contributed by atoms with Gasteiger partial charge >= 0.3 is 6.03 Å². The number of aromatic nitrogens is 1. The zero-order valence-electron chi connectivity index (χ0n) is 13.9. The number of anilines is 3. The van der Waals surface area contributed by atoms with Gasteiger partial charge in [-0.3, -0.25) is 0 Å². The van der Waals surface area contributed by atoms with Crippen LogP contribution in [-0.4, -0.2) is 30.3 Å². The molecular weight excluding hydrogens is 316 g/mol. The number of hydrogen-bond donors (Lipinski definition) is 5. The van der Waals surface area contributed by atoms with E-state index in [2.05, 4.69) is 27.0 Å². The van der Waals surface area contributed by atoms with E-state index in [1.807, 2.05) is 6.07 Å². The summed E-state index contributed by atoms with van der Waals surface area (Å²) in [6.07, 6.45) is 4.05. The summed E-state index contributed by atoms with van der Waals surface area (Å²) in [6.45, 7) is 1.45. The van der Waals surface area contributed by atoms with Gasteiger partial charge in [0.25, 0.3) is 0 Å². The molecule has 0 saturated carbocycles. The van der Waals surface area contributed by atoms with Crippen LogP contribution in [0.3, 0.4) is 0 Å². The molecule has 2 heterocycles. The van der Waals surface area contributed by atoms with Crippen molar-refractivity contribution >= 4 is 29.4 Å². The Balaban J connectivity index is 1.49. The van der Waals surface area contributed by atoms with Gasteiger partial charge in [0.2, 0.25) is 0 Å². The number of nitrogens with two attached hydrogens (primary N) is 1. The fourth-order valence-electron chi connectivity index (χ4n) is 2.77. The lowest BCUT2D eigenvalue weighted by Crippen LogP contribution is -2.30. The van der Waals surface area contributed by atoms with Gasteiger partial charge in [0.15, 0.2) is 0 Å². The number of nitrogen functional groups attached to an aromatic ring is 1. The molecule has 1 aromatic carbocycles. The summed E-state index contributed by atoms with van der Waals surface area (Å²) in [5.41, 5.74) is 9.68. The van der Waals surface area contributed by atoms with E-state index in [1.54, 1.807) is 18.2 Å². The Morgan fingerprint density at radius 2 is 2.24 bits per heavy atom. The standard InChI is InChI=1S/C18H22N6O/c19-11-13-4-6-15(10-16(13)20)24-18(25)22-9-7-14-5-3-12-2-1-8-21-17(12)23-14/h3-6,10-11,19H,1-2,7-9,20H2,(H,21,23)(H2,22,24,25). The third-order valence-corrected chi connectivity index (χ3v) is 4.12. The molecule has 0 spiro atoms. The second-order valence-electron chi connectivity index (χ2n) is 5.96. The fourth-order valence-corrected chi connectivity index (χ4v) is 2.77. The van der Waals surface area contributed by atoms with Gasteiger partial charge in [-0.25, -0.2) is 9.78 Å². The summed E-state index contributed by atoms with van der Waals surface area (Å²) in [6, 6.07) is 8.88. The first-order valence-corrected chi connectivity index (χ1v) is 8.33. The van der Waals surface area contributed by atoms with E-state index in [-0.39, 0.29) is 6.03 Å². The van der Waals surface area contributed by atoms with E-state index < -0.39 is 0 Å². The van der Waals surface area contributed by atoms with Gasteiger partial charge in [0.05, 0.1) is 0 Å². The monoisotopic (exact) mass is 338 g/mol. The molecule has 0 atom stereocenters. The molecule has 0 bridgehead atoms. The average Bonchev–Trinajstić information content (AvgIpc) is 2.62. The lowest BCUT2D eigenvalue weighted by molar-refractivity contribution is 0.252. The van der Waals surface area contributed by atoms with Crippen molar-refractivity contribution in [3.8, 4) is 0 Å². The van der Waals surface area contributed by atoms with Gasteiger partial charge in [-0.15, -0.1) is 0 Å². The quantitative estimate of drug-likeness (QED) is 0.425. The minimum atomic E-state index is -0.293. The minimum Gasteiger partial charge on any atom is -0.398 e. The Kier molecular flexibility index (Phi) is 5.13. The largest absolute Gasteiger partial charge is 0.398 e. The van der Waals surface area contributed by atoms with E-state index in [0.29, 0.717) is 29.9 Å². The summed E-state index contributed by atoms with van der Waals surface area (Å²) in [4.78, 5) is 16.6. The van der Waals surface area contributed by atoms with Gasteiger partial charge in [-0.2, -0.15) is 0 Å². The molecule has 1 aliphatic heterocycles. The second-order valence-corrected chi connectivity index (χ2v) is 5.96. The number of amides is 2. The highest BCUT2D eigenvalue weighted by Gasteiger charge is 2.10. The van der Waals surface area contributed by atoms with Gasteiger partial charge in [0, 0.05) is 48.4 Å². The summed E-state index contributed by atoms with van der Waals surface area (Å²) in [5, 5.41) is 16.1. The van der Waals surface area contributed by atoms with E-state index in [9.17, 15) is 4.79 Å². The molecule has 1 aromatic heterocycles. The zero-order valence-corrected chi connectivity index (χ0v) is 13.9. The van der Waals surface area contributed by atoms with Crippen LogP contribution in [0.5, 0.6) is 0 Å². The molecule has 0 fully saturated rings. The molecule has 0 radical (unpaired) electrons. The molecule has 7 heteroatoms. The highest BCUT2D eigenvalue weighted by molar-refractivity contribution is 5.92. The Bertz CT molecular complexity index is 789. The number of benzene rings is 1. The maximum atomic E-state index is 12.0. The normalized spacial score (nSPS) is 12.6. The van der Waals surface area contributed by atoms with Crippen LogP contribution in [0.4, 0.5) is 22.0 Å². The number of rotatable bonds is 5. The second kappa shape index (κ2) is 7.65. The molecular formula is C18H22N6O. The Morgan fingerprint density at radius 1 is 1.36 bits per heavy atom. The van der Waals surface area contributed by atoms with Crippen LogP contribution >= 0.6 is 0 Å². The molecule has 6 N–H and O–H groups in total. The topological polar surface area (TPSA) is 116 Å². The van der Waals surface area contributed by atoms with Crippen LogP contribution < -0.4 is 21.7 Å². The predicted octanol–water partition coefficient (Wildman–Crippen LogP) is 2.38. The molecule has 0 aliphatic carbocycles. The van der Waals surface area contributed by atoms with Crippen LogP contribution in [0.2, 0.25) is 0 Å². The number of hydrogen-bond acceptors (Lipinski definition) is 5. The first kappa shape index (κ1) is 16.8. The van der Waals surface area contributed by atoms with Crippen molar-refractivity contribution in [2.75, 3.05) is 29.5 Å². The highest BCUT2D eigenvalue weighted by Crippen LogP contribution is 2.19. The molecule has 130 valence electrons. The van der Waals surface area contributed by atoms with Crippen molar-refractivity contribution in [2.45, 2.75) is 19.3 Å². The summed E-state index contributed by atoms with van der Waals surface area (Å²) < 4.78 is 0. The van der Waals surface area contributed by atoms with Gasteiger partial charge < -0.3 is 27.1 Å². The average molecular weight is 338 g/mol. The van der Waals surface area contributed by atoms with E-state index in [0.717, 1.165) is 30.9 Å². The third kappa shape index (κ3) is 4.26.